The third kappa shape index (κ3) is 6.94. The molecule has 3 aromatic heterocycles. The van der Waals surface area contributed by atoms with Gasteiger partial charge in [-0.25, -0.2) is 12.7 Å². The zero-order chi connectivity index (χ0) is 30.7. The van der Waals surface area contributed by atoms with Crippen molar-refractivity contribution in [3.8, 4) is 28.7 Å². The molecule has 3 heterocycles. The van der Waals surface area contributed by atoms with Crippen LogP contribution in [0.1, 0.15) is 11.8 Å². The highest BCUT2D eigenvalue weighted by Gasteiger charge is 2.35. The summed E-state index contributed by atoms with van der Waals surface area (Å²) in [6.07, 6.45) is 2.38. The Morgan fingerprint density at radius 3 is 2.24 bits per heavy atom. The molecule has 0 amide bonds. The lowest BCUT2D eigenvalue weighted by atomic mass is 10.2. The van der Waals surface area contributed by atoms with E-state index in [4.69, 9.17) is 25.8 Å². The highest BCUT2D eigenvalue weighted by Crippen LogP contribution is 2.39. The molecular formula is C27H36ClN7O5SSi. The molecule has 1 aromatic carbocycles. The molecule has 12 nitrogen and oxygen atoms in total. The molecule has 226 valence electrons. The van der Waals surface area contributed by atoms with Gasteiger partial charge in [0.05, 0.1) is 24.9 Å². The maximum absolute atomic E-state index is 14.3. The Bertz CT molecular complexity index is 1600. The quantitative estimate of drug-likeness (QED) is 0.194. The van der Waals surface area contributed by atoms with Crippen LogP contribution in [0, 0.1) is 0 Å². The topological polar surface area (TPSA) is 126 Å². The standard InChI is InChI=1S/C27H36ClN7O5SSi/c1-33-14-13-21(32-33)26-30-31-27(35(26)25-22(38-2)9-8-10-23(25)39-3)34(15-16-42(5,6)7)41(36,37)18-24(40-4)20-12-11-19(28)17-29-20/h8-14,17,24H,15-16,18H2,1-7H3/t24-/m0/s1. The monoisotopic (exact) mass is 633 g/mol. The van der Waals surface area contributed by atoms with Gasteiger partial charge in [0.1, 0.15) is 34.7 Å². The Morgan fingerprint density at radius 2 is 1.71 bits per heavy atom. The van der Waals surface area contributed by atoms with E-state index in [9.17, 15) is 8.42 Å². The fourth-order valence-corrected chi connectivity index (χ4v) is 7.10. The summed E-state index contributed by atoms with van der Waals surface area (Å²) in [5, 5.41) is 13.9. The van der Waals surface area contributed by atoms with E-state index in [1.165, 1.54) is 31.8 Å². The molecule has 42 heavy (non-hydrogen) atoms. The number of nitrogens with zero attached hydrogens (tertiary/aromatic N) is 7. The molecule has 4 rings (SSSR count). The summed E-state index contributed by atoms with van der Waals surface area (Å²) in [6.45, 7) is 6.72. The maximum atomic E-state index is 14.3. The smallest absolute Gasteiger partial charge is 0.246 e. The van der Waals surface area contributed by atoms with E-state index in [0.29, 0.717) is 45.5 Å². The average molecular weight is 634 g/mol. The maximum Gasteiger partial charge on any atom is 0.246 e. The van der Waals surface area contributed by atoms with Crippen molar-refractivity contribution in [2.75, 3.05) is 37.9 Å². The summed E-state index contributed by atoms with van der Waals surface area (Å²) in [6, 6.07) is 11.1. The number of sulfonamides is 1. The highest BCUT2D eigenvalue weighted by atomic mass is 35.5. The molecular weight excluding hydrogens is 598 g/mol. The second-order valence-corrected chi connectivity index (χ2v) is 18.8. The number of methoxy groups -OCH3 is 3. The van der Waals surface area contributed by atoms with E-state index in [2.05, 4.69) is 39.9 Å². The van der Waals surface area contributed by atoms with Crippen LogP contribution in [0.3, 0.4) is 0 Å². The predicted octanol–water partition coefficient (Wildman–Crippen LogP) is 4.60. The molecule has 0 N–H and O–H groups in total. The van der Waals surface area contributed by atoms with Crippen molar-refractivity contribution in [1.29, 1.82) is 0 Å². The molecule has 1 atom stereocenters. The zero-order valence-electron chi connectivity index (χ0n) is 24.8. The van der Waals surface area contributed by atoms with Crippen molar-refractivity contribution in [3.05, 3.63) is 59.5 Å². The van der Waals surface area contributed by atoms with Crippen LogP contribution in [0.4, 0.5) is 5.95 Å². The largest absolute Gasteiger partial charge is 0.494 e. The number of hydrogen-bond donors (Lipinski definition) is 0. The van der Waals surface area contributed by atoms with Gasteiger partial charge in [-0.15, -0.1) is 10.2 Å². The molecule has 0 saturated carbocycles. The first kappa shape index (κ1) is 31.5. The number of ether oxygens (including phenoxy) is 3. The van der Waals surface area contributed by atoms with Crippen molar-refractivity contribution in [2.45, 2.75) is 31.8 Å². The van der Waals surface area contributed by atoms with Crippen molar-refractivity contribution in [2.24, 2.45) is 7.05 Å². The molecule has 15 heteroatoms. The summed E-state index contributed by atoms with van der Waals surface area (Å²) >= 11 is 6.02. The van der Waals surface area contributed by atoms with E-state index >= 15 is 0 Å². The number of rotatable bonds is 13. The second kappa shape index (κ2) is 12.8. The molecule has 0 bridgehead atoms. The van der Waals surface area contributed by atoms with Crippen LogP contribution in [0.2, 0.25) is 30.7 Å². The van der Waals surface area contributed by atoms with Gasteiger partial charge in [0, 0.05) is 41.2 Å². The normalized spacial score (nSPS) is 12.8. The van der Waals surface area contributed by atoms with Gasteiger partial charge in [0.2, 0.25) is 16.0 Å². The van der Waals surface area contributed by atoms with Gasteiger partial charge in [0.15, 0.2) is 5.82 Å². The van der Waals surface area contributed by atoms with Crippen molar-refractivity contribution in [3.63, 3.8) is 0 Å². The second-order valence-electron chi connectivity index (χ2n) is 10.8. The fourth-order valence-electron chi connectivity index (χ4n) is 4.33. The molecule has 0 unspecified atom stereocenters. The number of halogens is 1. The van der Waals surface area contributed by atoms with Crippen LogP contribution >= 0.6 is 11.6 Å². The predicted molar refractivity (Wildman–Crippen MR) is 165 cm³/mol. The van der Waals surface area contributed by atoms with Gasteiger partial charge < -0.3 is 14.2 Å². The first-order valence-corrected chi connectivity index (χ1v) is 18.9. The number of anilines is 1. The van der Waals surface area contributed by atoms with Crippen molar-refractivity contribution >= 4 is 35.6 Å². The Balaban J connectivity index is 1.94. The van der Waals surface area contributed by atoms with Gasteiger partial charge >= 0.3 is 0 Å². The average Bonchev–Trinajstić information content (AvgIpc) is 3.57. The van der Waals surface area contributed by atoms with Gasteiger partial charge in [-0.05, 0) is 36.4 Å². The summed E-state index contributed by atoms with van der Waals surface area (Å²) < 4.78 is 50.3. The number of pyridine rings is 1. The molecule has 0 aliphatic rings. The summed E-state index contributed by atoms with van der Waals surface area (Å²) in [5.74, 6) is 0.893. The van der Waals surface area contributed by atoms with E-state index in [-0.39, 0.29) is 12.5 Å². The van der Waals surface area contributed by atoms with Crippen molar-refractivity contribution in [1.82, 2.24) is 29.5 Å². The van der Waals surface area contributed by atoms with Crippen LogP contribution in [0.5, 0.6) is 11.5 Å². The van der Waals surface area contributed by atoms with Crippen LogP contribution in [0.25, 0.3) is 17.2 Å². The van der Waals surface area contributed by atoms with Gasteiger partial charge in [-0.3, -0.25) is 14.2 Å². The van der Waals surface area contributed by atoms with Crippen LogP contribution in [-0.2, 0) is 21.8 Å². The van der Waals surface area contributed by atoms with E-state index in [0.717, 1.165) is 0 Å². The minimum absolute atomic E-state index is 0.0793. The van der Waals surface area contributed by atoms with E-state index in [1.54, 1.807) is 58.9 Å². The molecule has 0 aliphatic heterocycles. The highest BCUT2D eigenvalue weighted by molar-refractivity contribution is 7.92. The lowest BCUT2D eigenvalue weighted by Crippen LogP contribution is -2.40. The first-order chi connectivity index (χ1) is 19.9. The molecule has 0 radical (unpaired) electrons. The van der Waals surface area contributed by atoms with Gasteiger partial charge in [0.25, 0.3) is 0 Å². The molecule has 0 saturated heterocycles. The van der Waals surface area contributed by atoms with Gasteiger partial charge in [-0.2, -0.15) is 5.10 Å². The van der Waals surface area contributed by atoms with Crippen molar-refractivity contribution < 1.29 is 22.6 Å². The zero-order valence-corrected chi connectivity index (χ0v) is 27.3. The Labute approximate surface area is 252 Å². The van der Waals surface area contributed by atoms with Crippen LogP contribution < -0.4 is 13.8 Å². The lowest BCUT2D eigenvalue weighted by Gasteiger charge is -2.28. The summed E-state index contributed by atoms with van der Waals surface area (Å²) in [4.78, 5) is 4.30. The number of benzene rings is 1. The number of hydrogen-bond acceptors (Lipinski definition) is 9. The number of aromatic nitrogens is 6. The van der Waals surface area contributed by atoms with E-state index < -0.39 is 30.0 Å². The first-order valence-electron chi connectivity index (χ1n) is 13.2. The van der Waals surface area contributed by atoms with E-state index in [1.807, 2.05) is 0 Å². The van der Waals surface area contributed by atoms with Crippen LogP contribution in [-0.4, -0.2) is 79.6 Å². The summed E-state index contributed by atoms with van der Waals surface area (Å²) in [5.41, 5.74) is 1.38. The third-order valence-electron chi connectivity index (χ3n) is 6.56. The Kier molecular flexibility index (Phi) is 9.60. The third-order valence-corrected chi connectivity index (χ3v) is 10.3. The Hall–Kier alpha value is -3.46. The Morgan fingerprint density at radius 1 is 1.02 bits per heavy atom. The van der Waals surface area contributed by atoms with Crippen LogP contribution in [0.15, 0.2) is 48.8 Å². The summed E-state index contributed by atoms with van der Waals surface area (Å²) in [7, 11) is 0.504. The fraction of sp³-hybridized carbons (Fsp3) is 0.407. The molecule has 0 spiro atoms. The minimum atomic E-state index is -4.07. The minimum Gasteiger partial charge on any atom is -0.494 e. The molecule has 0 fully saturated rings. The SMILES string of the molecule is COc1cccc(OC)c1-n1c(-c2ccn(C)n2)nnc1N(CC[Si](C)(C)C)S(=O)(=O)C[C@H](OC)c1ccc(Cl)cn1. The molecule has 0 aliphatic carbocycles. The number of para-hydroxylation sites is 1. The lowest BCUT2D eigenvalue weighted by molar-refractivity contribution is 0.118. The van der Waals surface area contributed by atoms with Gasteiger partial charge in [-0.1, -0.05) is 37.3 Å². The molecule has 4 aromatic rings. The number of aryl methyl sites for hydroxylation is 1.